The maximum Gasteiger partial charge on any atom is 0.416 e. The van der Waals surface area contributed by atoms with E-state index in [-0.39, 0.29) is 22.8 Å². The summed E-state index contributed by atoms with van der Waals surface area (Å²) in [5.41, 5.74) is 20.0. The van der Waals surface area contributed by atoms with Gasteiger partial charge in [0.05, 0.1) is 50.5 Å². The number of nitriles is 1. The Bertz CT molecular complexity index is 4690. The van der Waals surface area contributed by atoms with E-state index in [4.69, 9.17) is 0 Å². The van der Waals surface area contributed by atoms with Crippen LogP contribution in [0.4, 0.5) is 26.3 Å². The molecule has 86 heavy (non-hydrogen) atoms. The van der Waals surface area contributed by atoms with Gasteiger partial charge < -0.3 is 9.13 Å². The number of aryl methyl sites for hydroxylation is 8. The summed E-state index contributed by atoms with van der Waals surface area (Å²) in [6.45, 7) is 16.7. The van der Waals surface area contributed by atoms with E-state index in [0.717, 1.165) is 145 Å². The second-order valence-corrected chi connectivity index (χ2v) is 23.5. The lowest BCUT2D eigenvalue weighted by Crippen LogP contribution is -2.11. The monoisotopic (exact) mass is 1140 g/mol. The summed E-state index contributed by atoms with van der Waals surface area (Å²) in [6, 6.07) is 66.1. The summed E-state index contributed by atoms with van der Waals surface area (Å²) in [4.78, 5) is 0. The van der Waals surface area contributed by atoms with Crippen LogP contribution in [0.2, 0.25) is 0 Å². The maximum atomic E-state index is 14.7. The predicted molar refractivity (Wildman–Crippen MR) is 340 cm³/mol. The van der Waals surface area contributed by atoms with Crippen molar-refractivity contribution in [2.75, 3.05) is 0 Å². The zero-order valence-corrected chi connectivity index (χ0v) is 48.7. The first-order valence-corrected chi connectivity index (χ1v) is 28.5. The van der Waals surface area contributed by atoms with Gasteiger partial charge in [-0.05, 0) is 208 Å². The molecule has 422 valence electrons. The van der Waals surface area contributed by atoms with Crippen molar-refractivity contribution in [1.82, 2.24) is 9.13 Å². The molecule has 0 bridgehead atoms. The van der Waals surface area contributed by atoms with E-state index >= 15 is 0 Å². The molecule has 0 atom stereocenters. The first-order valence-electron chi connectivity index (χ1n) is 28.5. The number of fused-ring (bicyclic) bond motifs is 6. The van der Waals surface area contributed by atoms with Crippen molar-refractivity contribution >= 4 is 43.6 Å². The Morgan fingerprint density at radius 1 is 0.291 bits per heavy atom. The molecule has 0 aliphatic carbocycles. The fraction of sp³-hybridized carbons (Fsp3) is 0.130. The van der Waals surface area contributed by atoms with Crippen LogP contribution in [0.5, 0.6) is 0 Å². The van der Waals surface area contributed by atoms with E-state index in [1.54, 1.807) is 24.3 Å². The van der Waals surface area contributed by atoms with Crippen LogP contribution in [0, 0.1) is 66.7 Å². The summed E-state index contributed by atoms with van der Waals surface area (Å²) >= 11 is 0. The van der Waals surface area contributed by atoms with Crippen molar-refractivity contribution in [3.8, 4) is 84.2 Å². The molecule has 0 radical (unpaired) electrons. The van der Waals surface area contributed by atoms with Crippen LogP contribution >= 0.6 is 0 Å². The van der Waals surface area contributed by atoms with E-state index in [0.29, 0.717) is 22.5 Å². The highest BCUT2D eigenvalue weighted by atomic mass is 19.4. The van der Waals surface area contributed by atoms with Gasteiger partial charge in [-0.3, -0.25) is 0 Å². The first kappa shape index (κ1) is 55.3. The summed E-state index contributed by atoms with van der Waals surface area (Å²) in [6.07, 6.45) is -10.2. The van der Waals surface area contributed by atoms with Crippen LogP contribution in [0.25, 0.3) is 122 Å². The number of aromatic nitrogens is 2. The van der Waals surface area contributed by atoms with Crippen molar-refractivity contribution in [2.45, 2.75) is 67.7 Å². The molecule has 2 heterocycles. The van der Waals surface area contributed by atoms with Gasteiger partial charge in [0.25, 0.3) is 0 Å². The maximum absolute atomic E-state index is 14.7. The van der Waals surface area contributed by atoms with Crippen LogP contribution in [0.15, 0.2) is 200 Å². The van der Waals surface area contributed by atoms with Gasteiger partial charge in [0.15, 0.2) is 0 Å². The van der Waals surface area contributed by atoms with E-state index < -0.39 is 23.5 Å². The summed E-state index contributed by atoms with van der Waals surface area (Å²) < 4.78 is 92.3. The SMILES string of the molecule is Cc1cc(C)cc(-c2ccc3c(c2)c2cc(-c4cc(C)cc(C)c4)ccc2n3-c2ccc(C#N)c(-c3cc(-c4cc(C(F)(F)F)cc(C(F)(F)F)c4)ccc3-n3c4ccc(-c5cc(C)cc(C)c5)cc4c4cc(-c5cc(C)cc(C)c5)ccc43)c2)c1. The Morgan fingerprint density at radius 3 is 0.942 bits per heavy atom. The largest absolute Gasteiger partial charge is 0.416 e. The summed E-state index contributed by atoms with van der Waals surface area (Å²) in [7, 11) is 0. The van der Waals surface area contributed by atoms with E-state index in [1.165, 1.54) is 0 Å². The Balaban J connectivity index is 1.10. The van der Waals surface area contributed by atoms with Gasteiger partial charge in [-0.25, -0.2) is 0 Å². The number of rotatable bonds is 8. The molecule has 2 aromatic heterocycles. The van der Waals surface area contributed by atoms with Crippen LogP contribution in [0.1, 0.15) is 61.2 Å². The molecule has 11 aromatic carbocycles. The second-order valence-electron chi connectivity index (χ2n) is 23.5. The van der Waals surface area contributed by atoms with Crippen molar-refractivity contribution in [1.29, 1.82) is 5.26 Å². The minimum Gasteiger partial charge on any atom is -0.309 e. The van der Waals surface area contributed by atoms with E-state index in [1.807, 2.05) is 12.1 Å². The highest BCUT2D eigenvalue weighted by Crippen LogP contribution is 2.46. The lowest BCUT2D eigenvalue weighted by atomic mass is 9.92. The molecule has 0 unspecified atom stereocenters. The van der Waals surface area contributed by atoms with Gasteiger partial charge in [0, 0.05) is 38.4 Å². The molecule has 13 rings (SSSR count). The first-order chi connectivity index (χ1) is 41.0. The Hall–Kier alpha value is -9.91. The van der Waals surface area contributed by atoms with Crippen LogP contribution < -0.4 is 0 Å². The van der Waals surface area contributed by atoms with Crippen LogP contribution in [-0.2, 0) is 12.4 Å². The number of benzene rings is 11. The molecule has 0 fully saturated rings. The van der Waals surface area contributed by atoms with Gasteiger partial charge in [-0.1, -0.05) is 148 Å². The van der Waals surface area contributed by atoms with Gasteiger partial charge in [-0.15, -0.1) is 0 Å². The highest BCUT2D eigenvalue weighted by molar-refractivity contribution is 6.13. The smallest absolute Gasteiger partial charge is 0.309 e. The minimum absolute atomic E-state index is 0.0966. The highest BCUT2D eigenvalue weighted by Gasteiger charge is 2.37. The lowest BCUT2D eigenvalue weighted by Gasteiger charge is -2.19. The molecule has 3 nitrogen and oxygen atoms in total. The van der Waals surface area contributed by atoms with Crippen molar-refractivity contribution in [2.24, 2.45) is 0 Å². The molecule has 0 aliphatic heterocycles. The van der Waals surface area contributed by atoms with Crippen molar-refractivity contribution in [3.63, 3.8) is 0 Å². The normalized spacial score (nSPS) is 12.1. The van der Waals surface area contributed by atoms with Crippen molar-refractivity contribution in [3.05, 3.63) is 261 Å². The zero-order valence-electron chi connectivity index (χ0n) is 48.7. The van der Waals surface area contributed by atoms with Crippen LogP contribution in [-0.4, -0.2) is 9.13 Å². The molecule has 0 spiro atoms. The average Bonchev–Trinajstić information content (AvgIpc) is 1.61. The predicted octanol–water partition coefficient (Wildman–Crippen LogP) is 22.3. The molecular formula is C77H57F6N3. The Labute approximate surface area is 495 Å². The third-order valence-electron chi connectivity index (χ3n) is 16.6. The average molecular weight is 1140 g/mol. The quantitative estimate of drug-likeness (QED) is 0.140. The van der Waals surface area contributed by atoms with Crippen molar-refractivity contribution < 1.29 is 26.3 Å². The number of alkyl halides is 6. The second kappa shape index (κ2) is 20.7. The van der Waals surface area contributed by atoms with Gasteiger partial charge in [0.2, 0.25) is 0 Å². The number of hydrogen-bond donors (Lipinski definition) is 0. The minimum atomic E-state index is -5.09. The van der Waals surface area contributed by atoms with E-state index in [9.17, 15) is 31.6 Å². The number of nitrogens with zero attached hydrogens (tertiary/aromatic N) is 3. The summed E-state index contributed by atoms with van der Waals surface area (Å²) in [5.74, 6) is 0. The lowest BCUT2D eigenvalue weighted by molar-refractivity contribution is -0.143. The molecule has 0 aliphatic rings. The molecule has 13 aromatic rings. The standard InChI is InChI=1S/C77H57F6N3/c1-43-21-44(2)26-57(25-43)51-10-16-71-67(36-51)68-37-52(58-27-45(3)22-46(4)28-58)11-17-72(68)85(71)64-15-9-56(42-84)65(41-64)66-35-55(61-33-62(76(78,79)80)40-63(34-61)77(81,82)83)14-18-73(66)86-74-19-12-53(59-29-47(5)23-48(6)30-59)38-69(74)70-39-54(13-20-75(70)86)60-31-49(7)24-50(8)32-60/h9-41H,1-8H3. The summed E-state index contributed by atoms with van der Waals surface area (Å²) in [5, 5.41) is 15.1. The third kappa shape index (κ3) is 10.1. The molecule has 0 N–H and O–H groups in total. The van der Waals surface area contributed by atoms with E-state index in [2.05, 4.69) is 216 Å². The Kier molecular flexibility index (Phi) is 13.3. The zero-order chi connectivity index (χ0) is 60.2. The molecule has 0 saturated heterocycles. The van der Waals surface area contributed by atoms with Gasteiger partial charge >= 0.3 is 12.4 Å². The fourth-order valence-corrected chi connectivity index (χ4v) is 13.1. The molecule has 9 heteroatoms. The van der Waals surface area contributed by atoms with Crippen LogP contribution in [0.3, 0.4) is 0 Å². The molecule has 0 amide bonds. The molecule has 0 saturated carbocycles. The Morgan fingerprint density at radius 2 is 0.605 bits per heavy atom. The van der Waals surface area contributed by atoms with Gasteiger partial charge in [-0.2, -0.15) is 31.6 Å². The van der Waals surface area contributed by atoms with Gasteiger partial charge in [0.1, 0.15) is 0 Å². The number of hydrogen-bond acceptors (Lipinski definition) is 1. The molecular weight excluding hydrogens is 1080 g/mol. The number of halogens is 6. The fourth-order valence-electron chi connectivity index (χ4n) is 13.1. The topological polar surface area (TPSA) is 33.6 Å². The third-order valence-corrected chi connectivity index (χ3v) is 16.6.